The molecule has 1 radical (unpaired) electrons. The number of hydrogen-bond donors (Lipinski definition) is 1. The summed E-state index contributed by atoms with van der Waals surface area (Å²) in [7, 11) is 0. The van der Waals surface area contributed by atoms with Crippen molar-refractivity contribution in [3.8, 4) is 11.3 Å². The molecule has 0 amide bonds. The number of ketones is 1. The molecule has 4 nitrogen and oxygen atoms in total. The molecule has 0 saturated heterocycles. The second-order valence-corrected chi connectivity index (χ2v) is 14.6. The number of aryl methyl sites for hydroxylation is 2. The maximum absolute atomic E-state index is 11.7. The van der Waals surface area contributed by atoms with Crippen LogP contribution in [0.25, 0.3) is 31.8 Å². The average Bonchev–Trinajstić information content (AvgIpc) is 3.31. The third-order valence-corrected chi connectivity index (χ3v) is 9.80. The Morgan fingerprint density at radius 1 is 1.00 bits per heavy atom. The minimum atomic E-state index is 0. The van der Waals surface area contributed by atoms with Gasteiger partial charge in [0.05, 0.1) is 5.76 Å². The second kappa shape index (κ2) is 16.1. The zero-order chi connectivity index (χ0) is 30.3. The van der Waals surface area contributed by atoms with Gasteiger partial charge in [-0.25, -0.2) is 0 Å². The number of pyridine rings is 1. The first-order chi connectivity index (χ1) is 19.4. The number of aliphatic hydroxyl groups excluding tert-OH is 1. The summed E-state index contributed by atoms with van der Waals surface area (Å²) < 4.78 is 2.76. The third-order valence-electron chi connectivity index (χ3n) is 7.49. The van der Waals surface area contributed by atoms with Crippen LogP contribution in [0, 0.1) is 37.2 Å². The van der Waals surface area contributed by atoms with Gasteiger partial charge in [-0.1, -0.05) is 27.7 Å². The monoisotopic (exact) mass is 812 g/mol. The molecule has 0 saturated carbocycles. The quantitative estimate of drug-likeness (QED) is 0.0793. The van der Waals surface area contributed by atoms with E-state index >= 15 is 0 Å². The number of fused-ring (bicyclic) bond motifs is 3. The minimum Gasteiger partial charge on any atom is 0 e. The fourth-order valence-electron chi connectivity index (χ4n) is 5.14. The normalized spacial score (nSPS) is 12.0. The van der Waals surface area contributed by atoms with E-state index in [1.165, 1.54) is 31.2 Å². The molecule has 0 unspecified atom stereocenters. The zero-order valence-electron chi connectivity index (χ0n) is 26.7. The van der Waals surface area contributed by atoms with Gasteiger partial charge in [-0.2, -0.15) is 0 Å². The van der Waals surface area contributed by atoms with E-state index in [2.05, 4.69) is 71.0 Å². The number of carbonyl (C=O) groups excluding carboxylic acids is 1. The minimum absolute atomic E-state index is 0. The molecule has 4 aromatic rings. The van der Waals surface area contributed by atoms with Crippen LogP contribution in [0.3, 0.4) is 0 Å². The first-order valence-electron chi connectivity index (χ1n) is 15.0. The number of aromatic nitrogens is 2. The Balaban J connectivity index is 0.000000334. The summed E-state index contributed by atoms with van der Waals surface area (Å²) in [5.74, 6) is 0.547. The summed E-state index contributed by atoms with van der Waals surface area (Å²) in [4.78, 5) is 21.4. The van der Waals surface area contributed by atoms with Crippen LogP contribution in [0.15, 0.2) is 48.4 Å². The van der Waals surface area contributed by atoms with Crippen LogP contribution in [0.5, 0.6) is 0 Å². The number of allylic oxidation sites excluding steroid dienone is 2. The Bertz CT molecular complexity index is 1490. The number of hydrogen-bond acceptors (Lipinski definition) is 4. The number of rotatable bonds is 9. The molecule has 229 valence electrons. The van der Waals surface area contributed by atoms with Crippen molar-refractivity contribution in [3.05, 3.63) is 70.1 Å². The molecular formula is C36H47IrN2O2Se-. The molecule has 1 N–H and O–H groups in total. The number of nitrogens with zero attached hydrogens (tertiary/aromatic N) is 2. The smallest absolute Gasteiger partial charge is 0 e. The van der Waals surface area contributed by atoms with E-state index in [9.17, 15) is 9.90 Å². The van der Waals surface area contributed by atoms with Gasteiger partial charge in [-0.3, -0.25) is 4.79 Å². The van der Waals surface area contributed by atoms with Gasteiger partial charge in [0.15, 0.2) is 5.78 Å². The van der Waals surface area contributed by atoms with Gasteiger partial charge < -0.3 is 5.11 Å². The maximum Gasteiger partial charge on any atom is 0 e. The molecular weight excluding hydrogens is 764 g/mol. The van der Waals surface area contributed by atoms with Crippen LogP contribution in [0.1, 0.15) is 89.8 Å². The molecule has 2 heterocycles. The summed E-state index contributed by atoms with van der Waals surface area (Å²) in [5.41, 5.74) is 5.90. The van der Waals surface area contributed by atoms with Gasteiger partial charge in [-0.05, 0) is 25.7 Å². The van der Waals surface area contributed by atoms with Crippen LogP contribution in [0.2, 0.25) is 0 Å². The van der Waals surface area contributed by atoms with Crippen molar-refractivity contribution >= 4 is 40.8 Å². The van der Waals surface area contributed by atoms with Crippen molar-refractivity contribution in [3.63, 3.8) is 0 Å². The van der Waals surface area contributed by atoms with Gasteiger partial charge >= 0.3 is 161 Å². The molecule has 0 fully saturated rings. The first kappa shape index (κ1) is 36.1. The SMILES string of the molecule is CCC(CC)C(=O)/C=C(\O)C(CC)CC.Cc1[c-]c(-c2cc3c(ccc4nc(CC(C)(C)C)[se]c43)cn2)cc(C)c1.[Ir]. The van der Waals surface area contributed by atoms with Gasteiger partial charge in [0.25, 0.3) is 0 Å². The van der Waals surface area contributed by atoms with Crippen molar-refractivity contribution in [1.82, 2.24) is 9.97 Å². The fourth-order valence-corrected chi connectivity index (χ4v) is 8.05. The molecule has 0 atom stereocenters. The molecule has 6 heteroatoms. The molecule has 0 spiro atoms. The number of aliphatic hydroxyl groups is 1. The van der Waals surface area contributed by atoms with Gasteiger partial charge in [0.1, 0.15) is 0 Å². The van der Waals surface area contributed by atoms with Gasteiger partial charge in [-0.15, -0.1) is 0 Å². The third kappa shape index (κ3) is 9.71. The Hall–Kier alpha value is -2.10. The second-order valence-electron chi connectivity index (χ2n) is 12.3. The molecule has 0 aliphatic rings. The van der Waals surface area contributed by atoms with E-state index in [1.807, 2.05) is 33.9 Å². The summed E-state index contributed by atoms with van der Waals surface area (Å²) in [6, 6.07) is 14.3. The van der Waals surface area contributed by atoms with E-state index in [0.29, 0.717) is 14.5 Å². The summed E-state index contributed by atoms with van der Waals surface area (Å²) in [5, 5.41) is 12.3. The van der Waals surface area contributed by atoms with Crippen molar-refractivity contribution < 1.29 is 30.0 Å². The first-order valence-corrected chi connectivity index (χ1v) is 16.7. The molecule has 4 rings (SSSR count). The maximum atomic E-state index is 11.7. The van der Waals surface area contributed by atoms with E-state index in [4.69, 9.17) is 9.97 Å². The fraction of sp³-hybridized carbons (Fsp3) is 0.472. The van der Waals surface area contributed by atoms with Crippen molar-refractivity contribution in [1.29, 1.82) is 0 Å². The van der Waals surface area contributed by atoms with Crippen LogP contribution in [0.4, 0.5) is 0 Å². The summed E-state index contributed by atoms with van der Waals surface area (Å²) in [6.45, 7) is 19.1. The molecule has 42 heavy (non-hydrogen) atoms. The van der Waals surface area contributed by atoms with Crippen LogP contribution in [-0.2, 0) is 31.3 Å². The molecule has 0 bridgehead atoms. The predicted molar refractivity (Wildman–Crippen MR) is 175 cm³/mol. The van der Waals surface area contributed by atoms with E-state index in [0.717, 1.165) is 54.4 Å². The van der Waals surface area contributed by atoms with Crippen LogP contribution in [-0.4, -0.2) is 35.4 Å². The zero-order valence-corrected chi connectivity index (χ0v) is 30.8. The van der Waals surface area contributed by atoms with Crippen LogP contribution < -0.4 is 0 Å². The molecule has 2 aromatic carbocycles. The Morgan fingerprint density at radius 2 is 1.64 bits per heavy atom. The molecule has 0 aliphatic carbocycles. The van der Waals surface area contributed by atoms with Crippen molar-refractivity contribution in [2.75, 3.05) is 0 Å². The van der Waals surface area contributed by atoms with Crippen molar-refractivity contribution in [2.45, 2.75) is 94.4 Å². The molecule has 0 aliphatic heterocycles. The van der Waals surface area contributed by atoms with E-state index in [-0.39, 0.29) is 48.9 Å². The Labute approximate surface area is 272 Å². The van der Waals surface area contributed by atoms with Crippen LogP contribution >= 0.6 is 0 Å². The van der Waals surface area contributed by atoms with E-state index in [1.54, 1.807) is 0 Å². The number of benzene rings is 2. The molecule has 2 aromatic heterocycles. The topological polar surface area (TPSA) is 63.1 Å². The Morgan fingerprint density at radius 3 is 2.21 bits per heavy atom. The van der Waals surface area contributed by atoms with Gasteiger partial charge in [0, 0.05) is 38.0 Å². The number of carbonyl (C=O) groups is 1. The predicted octanol–water partition coefficient (Wildman–Crippen LogP) is 9.38. The summed E-state index contributed by atoms with van der Waals surface area (Å²) in [6.07, 6.45) is 7.96. The summed E-state index contributed by atoms with van der Waals surface area (Å²) >= 11 is 0.299. The Kier molecular flexibility index (Phi) is 13.8. The van der Waals surface area contributed by atoms with Crippen molar-refractivity contribution in [2.24, 2.45) is 17.3 Å². The largest absolute Gasteiger partial charge is 0 e. The standard InChI is InChI=1S/C23H23N2Se.C13H24O2.Ir/c1-14-8-15(2)10-17(9-14)20-11-18-16(13-24-20)6-7-19-22(18)26-21(25-19)12-23(3,4)5;1-5-10(6-2)12(14)9-13(15)11(7-3)8-4;/h6-9,11,13H,12H2,1-5H3;9-11,14H,5-8H2,1-4H3;/q-1;;/b;12-9-;. The average molecular weight is 811 g/mol. The van der Waals surface area contributed by atoms with Gasteiger partial charge in [0.2, 0.25) is 0 Å². The van der Waals surface area contributed by atoms with E-state index < -0.39 is 0 Å².